The average molecular weight is 328 g/mol. The third-order valence-corrected chi connectivity index (χ3v) is 4.48. The molecule has 1 aromatic rings. The van der Waals surface area contributed by atoms with Crippen LogP contribution in [0, 0.1) is 0 Å². The first-order valence-electron chi connectivity index (χ1n) is 6.29. The molecule has 1 aromatic carbocycles. The van der Waals surface area contributed by atoms with Crippen LogP contribution >= 0.6 is 23.2 Å². The van der Waals surface area contributed by atoms with Crippen LogP contribution in [0.3, 0.4) is 0 Å². The van der Waals surface area contributed by atoms with Crippen LogP contribution in [0.2, 0.25) is 10.0 Å². The third-order valence-electron chi connectivity index (χ3n) is 3.74. The van der Waals surface area contributed by atoms with E-state index < -0.39 is 17.5 Å². The van der Waals surface area contributed by atoms with E-state index in [1.165, 1.54) is 11.0 Å². The Bertz CT molecular complexity index is 664. The number of rotatable bonds is 1. The maximum absolute atomic E-state index is 12.4. The molecule has 2 fully saturated rings. The minimum Gasteiger partial charge on any atom is -0.336 e. The Morgan fingerprint density at radius 1 is 1.24 bits per heavy atom. The highest BCUT2D eigenvalue weighted by Gasteiger charge is 2.51. The molecule has 2 saturated heterocycles. The van der Waals surface area contributed by atoms with Gasteiger partial charge in [0.2, 0.25) is 0 Å². The Kier molecular flexibility index (Phi) is 3.30. The van der Waals surface area contributed by atoms with Gasteiger partial charge in [-0.05, 0) is 24.6 Å². The molecule has 0 aromatic heterocycles. The number of carbonyl (C=O) groups is 3. The molecule has 0 saturated carbocycles. The molecule has 110 valence electrons. The first-order valence-corrected chi connectivity index (χ1v) is 7.05. The second kappa shape index (κ2) is 4.89. The second-order valence-corrected chi connectivity index (χ2v) is 5.91. The number of imide groups is 1. The molecule has 2 aliphatic heterocycles. The first kappa shape index (κ1) is 14.2. The number of hydrogen-bond acceptors (Lipinski definition) is 3. The van der Waals surface area contributed by atoms with Crippen molar-refractivity contribution in [2.24, 2.45) is 0 Å². The fraction of sp³-hybridized carbons (Fsp3) is 0.308. The van der Waals surface area contributed by atoms with Crippen LogP contribution in [0.25, 0.3) is 0 Å². The summed E-state index contributed by atoms with van der Waals surface area (Å²) in [4.78, 5) is 37.0. The first-order chi connectivity index (χ1) is 9.91. The van der Waals surface area contributed by atoms with Crippen LogP contribution in [0.15, 0.2) is 18.2 Å². The van der Waals surface area contributed by atoms with Crippen molar-refractivity contribution in [1.82, 2.24) is 15.5 Å². The second-order valence-electron chi connectivity index (χ2n) is 5.10. The minimum atomic E-state index is -1.01. The number of nitrogens with zero attached hydrogens (tertiary/aromatic N) is 1. The smallest absolute Gasteiger partial charge is 0.322 e. The minimum absolute atomic E-state index is 0.143. The van der Waals surface area contributed by atoms with Gasteiger partial charge in [0.1, 0.15) is 5.54 Å². The van der Waals surface area contributed by atoms with Crippen molar-refractivity contribution in [3.63, 3.8) is 0 Å². The number of urea groups is 1. The van der Waals surface area contributed by atoms with E-state index in [9.17, 15) is 14.4 Å². The molecular weight excluding hydrogens is 317 g/mol. The molecule has 0 bridgehead atoms. The van der Waals surface area contributed by atoms with Gasteiger partial charge in [0.15, 0.2) is 0 Å². The zero-order valence-electron chi connectivity index (χ0n) is 10.8. The molecule has 1 atom stereocenters. The quantitative estimate of drug-likeness (QED) is 0.765. The van der Waals surface area contributed by atoms with E-state index >= 15 is 0 Å². The standard InChI is InChI=1S/C13H11Cl2N3O3/c14-8-2-1-7(5-9(8)15)10(19)18-4-3-13(6-18)11(20)16-12(21)17-13/h1-2,5H,3-4,6H2,(H2,16,17,20,21). The molecular formula is C13H11Cl2N3O3. The van der Waals surface area contributed by atoms with E-state index in [2.05, 4.69) is 10.6 Å². The van der Waals surface area contributed by atoms with E-state index in [1.54, 1.807) is 12.1 Å². The topological polar surface area (TPSA) is 78.5 Å². The van der Waals surface area contributed by atoms with Crippen LogP contribution < -0.4 is 10.6 Å². The molecule has 0 aliphatic carbocycles. The maximum atomic E-state index is 12.4. The van der Waals surface area contributed by atoms with E-state index in [4.69, 9.17) is 23.2 Å². The number of likely N-dealkylation sites (tertiary alicyclic amines) is 1. The summed E-state index contributed by atoms with van der Waals surface area (Å²) in [5.41, 5.74) is -0.616. The van der Waals surface area contributed by atoms with Gasteiger partial charge < -0.3 is 10.2 Å². The summed E-state index contributed by atoms with van der Waals surface area (Å²) in [6.45, 7) is 0.524. The van der Waals surface area contributed by atoms with E-state index in [1.807, 2.05) is 0 Å². The number of benzene rings is 1. The highest BCUT2D eigenvalue weighted by atomic mass is 35.5. The molecule has 2 heterocycles. The van der Waals surface area contributed by atoms with E-state index in [-0.39, 0.29) is 12.5 Å². The molecule has 0 radical (unpaired) electrons. The van der Waals surface area contributed by atoms with Crippen LogP contribution in [0.4, 0.5) is 4.79 Å². The van der Waals surface area contributed by atoms with Crippen molar-refractivity contribution in [2.45, 2.75) is 12.0 Å². The van der Waals surface area contributed by atoms with Gasteiger partial charge in [-0.3, -0.25) is 14.9 Å². The normalized spacial score (nSPS) is 24.4. The van der Waals surface area contributed by atoms with Gasteiger partial charge in [-0.25, -0.2) is 4.79 Å². The molecule has 8 heteroatoms. The lowest BCUT2D eigenvalue weighted by Gasteiger charge is -2.21. The highest BCUT2D eigenvalue weighted by Crippen LogP contribution is 2.28. The fourth-order valence-electron chi connectivity index (χ4n) is 2.61. The summed E-state index contributed by atoms with van der Waals surface area (Å²) >= 11 is 11.7. The molecule has 4 amide bonds. The zero-order chi connectivity index (χ0) is 15.2. The van der Waals surface area contributed by atoms with Gasteiger partial charge in [-0.1, -0.05) is 23.2 Å². The lowest BCUT2D eigenvalue weighted by atomic mass is 9.99. The van der Waals surface area contributed by atoms with Crippen molar-refractivity contribution in [1.29, 1.82) is 0 Å². The fourth-order valence-corrected chi connectivity index (χ4v) is 2.91. The summed E-state index contributed by atoms with van der Waals surface area (Å²) in [6.07, 6.45) is 0.387. The molecule has 2 aliphatic rings. The molecule has 3 rings (SSSR count). The van der Waals surface area contributed by atoms with Gasteiger partial charge in [-0.15, -0.1) is 0 Å². The van der Waals surface area contributed by atoms with Gasteiger partial charge in [-0.2, -0.15) is 0 Å². The molecule has 6 nitrogen and oxygen atoms in total. The summed E-state index contributed by atoms with van der Waals surface area (Å²) < 4.78 is 0. The Labute approximate surface area is 130 Å². The van der Waals surface area contributed by atoms with Gasteiger partial charge >= 0.3 is 6.03 Å². The van der Waals surface area contributed by atoms with Crippen molar-refractivity contribution in [3.8, 4) is 0 Å². The van der Waals surface area contributed by atoms with Gasteiger partial charge in [0.05, 0.1) is 16.6 Å². The summed E-state index contributed by atoms with van der Waals surface area (Å²) in [5.74, 6) is -0.642. The summed E-state index contributed by atoms with van der Waals surface area (Å²) in [6, 6.07) is 4.09. The molecule has 1 unspecified atom stereocenters. The largest absolute Gasteiger partial charge is 0.336 e. The highest BCUT2D eigenvalue weighted by molar-refractivity contribution is 6.42. The van der Waals surface area contributed by atoms with Crippen LogP contribution in [0.5, 0.6) is 0 Å². The third kappa shape index (κ3) is 2.34. The average Bonchev–Trinajstić information content (AvgIpc) is 2.97. The Morgan fingerprint density at radius 2 is 2.00 bits per heavy atom. The van der Waals surface area contributed by atoms with Gasteiger partial charge in [0.25, 0.3) is 11.8 Å². The Balaban J connectivity index is 1.80. The summed E-state index contributed by atoms with van der Waals surface area (Å²) in [5, 5.41) is 5.46. The van der Waals surface area contributed by atoms with Crippen LogP contribution in [-0.2, 0) is 4.79 Å². The van der Waals surface area contributed by atoms with E-state index in [0.717, 1.165) is 0 Å². The zero-order valence-corrected chi connectivity index (χ0v) is 12.3. The number of halogens is 2. The monoisotopic (exact) mass is 327 g/mol. The SMILES string of the molecule is O=C1NC(=O)C2(CCN(C(=O)c3ccc(Cl)c(Cl)c3)C2)N1. The number of amides is 4. The molecule has 2 N–H and O–H groups in total. The van der Waals surface area contributed by atoms with Crippen molar-refractivity contribution in [2.75, 3.05) is 13.1 Å². The van der Waals surface area contributed by atoms with Crippen molar-refractivity contribution < 1.29 is 14.4 Å². The predicted octanol–water partition coefficient (Wildman–Crippen LogP) is 1.42. The van der Waals surface area contributed by atoms with Gasteiger partial charge in [0, 0.05) is 12.1 Å². The van der Waals surface area contributed by atoms with Crippen molar-refractivity contribution in [3.05, 3.63) is 33.8 Å². The van der Waals surface area contributed by atoms with E-state index in [0.29, 0.717) is 28.6 Å². The number of hydrogen-bond donors (Lipinski definition) is 2. The maximum Gasteiger partial charge on any atom is 0.322 e. The lowest BCUT2D eigenvalue weighted by Crippen LogP contribution is -2.49. The number of carbonyl (C=O) groups excluding carboxylic acids is 3. The summed E-state index contributed by atoms with van der Waals surface area (Å²) in [7, 11) is 0. The van der Waals surface area contributed by atoms with Crippen LogP contribution in [0.1, 0.15) is 16.8 Å². The molecule has 21 heavy (non-hydrogen) atoms. The Morgan fingerprint density at radius 3 is 2.62 bits per heavy atom. The lowest BCUT2D eigenvalue weighted by molar-refractivity contribution is -0.123. The van der Waals surface area contributed by atoms with Crippen molar-refractivity contribution >= 4 is 41.0 Å². The predicted molar refractivity (Wildman–Crippen MR) is 76.4 cm³/mol. The number of nitrogens with one attached hydrogen (secondary N) is 2. The molecule has 1 spiro atoms. The van der Waals surface area contributed by atoms with Crippen LogP contribution in [-0.4, -0.2) is 41.4 Å². The Hall–Kier alpha value is -1.79.